The fourth-order valence-corrected chi connectivity index (χ4v) is 3.11. The van der Waals surface area contributed by atoms with Crippen LogP contribution >= 0.6 is 0 Å². The molecule has 142 valence electrons. The first-order valence-electron chi connectivity index (χ1n) is 7.51. The normalized spacial score (nSPS) is 12.3. The van der Waals surface area contributed by atoms with Crippen molar-refractivity contribution in [3.63, 3.8) is 0 Å². The number of amides is 1. The summed E-state index contributed by atoms with van der Waals surface area (Å²) >= 11 is 0. The molecule has 0 unspecified atom stereocenters. The summed E-state index contributed by atoms with van der Waals surface area (Å²) in [6, 6.07) is 11.0. The van der Waals surface area contributed by atoms with Crippen LogP contribution in [0.4, 0.5) is 18.9 Å². The van der Waals surface area contributed by atoms with Crippen LogP contribution in [0.2, 0.25) is 0 Å². The number of hydrogen-bond acceptors (Lipinski definition) is 4. The van der Waals surface area contributed by atoms with Crippen LogP contribution in [0.1, 0.15) is 5.82 Å². The van der Waals surface area contributed by atoms with Crippen LogP contribution in [0.3, 0.4) is 0 Å². The van der Waals surface area contributed by atoms with Crippen LogP contribution in [0.15, 0.2) is 53.4 Å². The molecule has 1 heterocycles. The zero-order valence-corrected chi connectivity index (χ0v) is 14.4. The SMILES string of the molecule is NS(=O)(=O)c1cccc(NC(=O)Cn2c(C(F)(F)F)nc3ccccc32)c1. The minimum Gasteiger partial charge on any atom is -0.324 e. The van der Waals surface area contributed by atoms with Crippen molar-refractivity contribution in [1.82, 2.24) is 9.55 Å². The number of para-hydroxylation sites is 2. The van der Waals surface area contributed by atoms with Gasteiger partial charge in [0.1, 0.15) is 6.54 Å². The predicted octanol–water partition coefficient (Wildman–Crippen LogP) is 2.34. The summed E-state index contributed by atoms with van der Waals surface area (Å²) in [5.41, 5.74) is 0.344. The molecule has 3 rings (SSSR count). The number of alkyl halides is 3. The van der Waals surface area contributed by atoms with Gasteiger partial charge in [-0.2, -0.15) is 13.2 Å². The van der Waals surface area contributed by atoms with Gasteiger partial charge in [-0.15, -0.1) is 0 Å². The van der Waals surface area contributed by atoms with Crippen molar-refractivity contribution in [2.24, 2.45) is 5.14 Å². The number of nitrogens with one attached hydrogen (secondary N) is 1. The number of aromatic nitrogens is 2. The van der Waals surface area contributed by atoms with Crippen molar-refractivity contribution in [2.45, 2.75) is 17.6 Å². The molecule has 3 N–H and O–H groups in total. The van der Waals surface area contributed by atoms with Gasteiger partial charge in [0.2, 0.25) is 21.8 Å². The number of primary sulfonamides is 1. The molecule has 0 saturated carbocycles. The van der Waals surface area contributed by atoms with E-state index in [1.165, 1.54) is 36.4 Å². The number of fused-ring (bicyclic) bond motifs is 1. The third kappa shape index (κ3) is 4.09. The number of nitrogens with two attached hydrogens (primary N) is 1. The van der Waals surface area contributed by atoms with Crippen LogP contribution in [-0.2, 0) is 27.5 Å². The maximum absolute atomic E-state index is 13.3. The summed E-state index contributed by atoms with van der Waals surface area (Å²) in [5, 5.41) is 7.38. The highest BCUT2D eigenvalue weighted by molar-refractivity contribution is 7.89. The van der Waals surface area contributed by atoms with E-state index in [4.69, 9.17) is 5.14 Å². The molecule has 0 spiro atoms. The van der Waals surface area contributed by atoms with Crippen molar-refractivity contribution in [3.8, 4) is 0 Å². The number of carbonyl (C=O) groups is 1. The topological polar surface area (TPSA) is 107 Å². The third-order valence-electron chi connectivity index (χ3n) is 3.66. The lowest BCUT2D eigenvalue weighted by molar-refractivity contribution is -0.147. The molecule has 7 nitrogen and oxygen atoms in total. The van der Waals surface area contributed by atoms with Gasteiger partial charge in [0.15, 0.2) is 0 Å². The number of imidazole rings is 1. The molecular formula is C16H13F3N4O3S. The first kappa shape index (κ1) is 18.9. The van der Waals surface area contributed by atoms with Crippen molar-refractivity contribution in [3.05, 3.63) is 54.4 Å². The summed E-state index contributed by atoms with van der Waals surface area (Å²) in [6.45, 7) is -0.658. The molecule has 0 atom stereocenters. The molecule has 27 heavy (non-hydrogen) atoms. The molecule has 0 aliphatic rings. The van der Waals surface area contributed by atoms with Gasteiger partial charge in [0.05, 0.1) is 15.9 Å². The summed E-state index contributed by atoms with van der Waals surface area (Å²) in [5.74, 6) is -1.98. The number of halogens is 3. The molecule has 11 heteroatoms. The van der Waals surface area contributed by atoms with Crippen molar-refractivity contribution in [1.29, 1.82) is 0 Å². The zero-order valence-electron chi connectivity index (χ0n) is 13.6. The van der Waals surface area contributed by atoms with E-state index in [0.717, 1.165) is 10.6 Å². The fourth-order valence-electron chi connectivity index (χ4n) is 2.55. The Bertz CT molecular complexity index is 1120. The molecule has 0 aliphatic carbocycles. The smallest absolute Gasteiger partial charge is 0.324 e. The van der Waals surface area contributed by atoms with Gasteiger partial charge in [-0.05, 0) is 30.3 Å². The average Bonchev–Trinajstić information content (AvgIpc) is 2.93. The number of hydrogen-bond donors (Lipinski definition) is 2. The van der Waals surface area contributed by atoms with E-state index >= 15 is 0 Å². The highest BCUT2D eigenvalue weighted by Gasteiger charge is 2.38. The molecule has 0 fully saturated rings. The molecule has 0 saturated heterocycles. The maximum Gasteiger partial charge on any atom is 0.449 e. The highest BCUT2D eigenvalue weighted by Crippen LogP contribution is 2.31. The maximum atomic E-state index is 13.3. The standard InChI is InChI=1S/C16H13F3N4O3S/c17-16(18,19)15-22-12-6-1-2-7-13(12)23(15)9-14(24)21-10-4-3-5-11(8-10)27(20,25)26/h1-8H,9H2,(H,21,24)(H2,20,25,26). The highest BCUT2D eigenvalue weighted by atomic mass is 32.2. The molecule has 0 bridgehead atoms. The van der Waals surface area contributed by atoms with Crippen molar-refractivity contribution in [2.75, 3.05) is 5.32 Å². The van der Waals surface area contributed by atoms with Crippen LogP contribution in [0, 0.1) is 0 Å². The second kappa shape index (κ2) is 6.67. The Labute approximate surface area is 151 Å². The Kier molecular flexibility index (Phi) is 4.66. The predicted molar refractivity (Wildman–Crippen MR) is 91.2 cm³/mol. The van der Waals surface area contributed by atoms with E-state index in [2.05, 4.69) is 10.3 Å². The Morgan fingerprint density at radius 2 is 1.85 bits per heavy atom. The Hall–Kier alpha value is -2.92. The zero-order chi connectivity index (χ0) is 19.8. The lowest BCUT2D eigenvalue weighted by Gasteiger charge is -2.12. The number of nitrogens with zero attached hydrogens (tertiary/aromatic N) is 2. The van der Waals surface area contributed by atoms with Crippen molar-refractivity contribution >= 4 is 32.7 Å². The number of rotatable bonds is 4. The van der Waals surface area contributed by atoms with Crippen molar-refractivity contribution < 1.29 is 26.4 Å². The van der Waals surface area contributed by atoms with E-state index in [1.54, 1.807) is 6.07 Å². The first-order chi connectivity index (χ1) is 12.6. The molecule has 1 amide bonds. The van der Waals surface area contributed by atoms with Gasteiger partial charge in [-0.1, -0.05) is 18.2 Å². The van der Waals surface area contributed by atoms with Gasteiger partial charge in [0, 0.05) is 5.69 Å². The molecule has 1 aromatic heterocycles. The van der Waals surface area contributed by atoms with E-state index < -0.39 is 34.5 Å². The lowest BCUT2D eigenvalue weighted by Crippen LogP contribution is -2.23. The van der Waals surface area contributed by atoms with E-state index in [9.17, 15) is 26.4 Å². The van der Waals surface area contributed by atoms with Crippen LogP contribution in [0.5, 0.6) is 0 Å². The Morgan fingerprint density at radius 1 is 1.15 bits per heavy atom. The molecule has 2 aromatic carbocycles. The van der Waals surface area contributed by atoms with Gasteiger partial charge in [-0.25, -0.2) is 18.5 Å². The number of anilines is 1. The minimum absolute atomic E-state index is 0.0875. The van der Waals surface area contributed by atoms with Gasteiger partial charge in [0.25, 0.3) is 0 Å². The van der Waals surface area contributed by atoms with E-state index in [-0.39, 0.29) is 21.6 Å². The average molecular weight is 398 g/mol. The third-order valence-corrected chi connectivity index (χ3v) is 4.57. The lowest BCUT2D eigenvalue weighted by atomic mass is 10.3. The van der Waals surface area contributed by atoms with E-state index in [1.807, 2.05) is 0 Å². The fraction of sp³-hybridized carbons (Fsp3) is 0.125. The summed E-state index contributed by atoms with van der Waals surface area (Å²) in [6.07, 6.45) is -4.74. The molecule has 0 radical (unpaired) electrons. The Morgan fingerprint density at radius 3 is 2.52 bits per heavy atom. The van der Waals surface area contributed by atoms with E-state index in [0.29, 0.717) is 0 Å². The van der Waals surface area contributed by atoms with Gasteiger partial charge < -0.3 is 9.88 Å². The molecule has 3 aromatic rings. The van der Waals surface area contributed by atoms with Gasteiger partial charge in [-0.3, -0.25) is 4.79 Å². The Balaban J connectivity index is 1.91. The second-order valence-electron chi connectivity index (χ2n) is 5.63. The van der Waals surface area contributed by atoms with Crippen LogP contribution in [0.25, 0.3) is 11.0 Å². The number of sulfonamides is 1. The second-order valence-corrected chi connectivity index (χ2v) is 7.19. The molecule has 0 aliphatic heterocycles. The monoisotopic (exact) mass is 398 g/mol. The summed E-state index contributed by atoms with van der Waals surface area (Å²) < 4.78 is 63.2. The first-order valence-corrected chi connectivity index (χ1v) is 9.05. The summed E-state index contributed by atoms with van der Waals surface area (Å²) in [7, 11) is -3.98. The largest absolute Gasteiger partial charge is 0.449 e. The van der Waals surface area contributed by atoms with Gasteiger partial charge >= 0.3 is 6.18 Å². The number of carbonyl (C=O) groups excluding carboxylic acids is 1. The quantitative estimate of drug-likeness (QED) is 0.703. The number of benzene rings is 2. The minimum atomic E-state index is -4.74. The summed E-state index contributed by atoms with van der Waals surface area (Å²) in [4.78, 5) is 15.6. The molecular weight excluding hydrogens is 385 g/mol. The van der Waals surface area contributed by atoms with Crippen LogP contribution < -0.4 is 10.5 Å². The van der Waals surface area contributed by atoms with Crippen LogP contribution in [-0.4, -0.2) is 23.9 Å².